The van der Waals surface area contributed by atoms with Gasteiger partial charge in [0.05, 0.1) is 18.5 Å². The Kier molecular flexibility index (Phi) is 9.78. The van der Waals surface area contributed by atoms with Crippen LogP contribution in [0.4, 0.5) is 10.1 Å². The number of furan rings is 1. The minimum atomic E-state index is -0.237. The number of halogens is 1. The average molecular weight is 458 g/mol. The van der Waals surface area contributed by atoms with Gasteiger partial charge in [-0.1, -0.05) is 44.7 Å². The van der Waals surface area contributed by atoms with Crippen molar-refractivity contribution in [1.29, 1.82) is 0 Å². The topological polar surface area (TPSA) is 57.0 Å². The lowest BCUT2D eigenvalue weighted by atomic mass is 10.1. The van der Waals surface area contributed by atoms with Gasteiger partial charge in [0, 0.05) is 45.6 Å². The van der Waals surface area contributed by atoms with Gasteiger partial charge in [-0.25, -0.2) is 4.39 Å². The minimum Gasteiger partial charge on any atom is -0.467 e. The summed E-state index contributed by atoms with van der Waals surface area (Å²) in [5.41, 5.74) is 0.582. The summed E-state index contributed by atoms with van der Waals surface area (Å²) in [6, 6.07) is 10.4. The van der Waals surface area contributed by atoms with E-state index in [1.165, 1.54) is 18.9 Å². The minimum absolute atomic E-state index is 0.0309. The molecule has 1 saturated heterocycles. The van der Waals surface area contributed by atoms with E-state index in [9.17, 15) is 14.0 Å². The van der Waals surface area contributed by atoms with Crippen LogP contribution in [0, 0.1) is 5.82 Å². The maximum absolute atomic E-state index is 14.1. The molecule has 0 unspecified atom stereocenters. The first kappa shape index (κ1) is 24.8. The van der Waals surface area contributed by atoms with E-state index in [4.69, 9.17) is 4.42 Å². The van der Waals surface area contributed by atoms with Crippen LogP contribution < -0.4 is 4.90 Å². The largest absolute Gasteiger partial charge is 0.467 e. The van der Waals surface area contributed by atoms with Crippen LogP contribution >= 0.6 is 0 Å². The van der Waals surface area contributed by atoms with Crippen molar-refractivity contribution in [1.82, 2.24) is 9.80 Å². The molecule has 0 atom stereocenters. The summed E-state index contributed by atoms with van der Waals surface area (Å²) >= 11 is 0. The lowest BCUT2D eigenvalue weighted by Crippen LogP contribution is -2.49. The van der Waals surface area contributed by atoms with Crippen LogP contribution in [0.15, 0.2) is 47.1 Å². The predicted molar refractivity (Wildman–Crippen MR) is 127 cm³/mol. The number of amides is 2. The number of carbonyl (C=O) groups is 2. The Balaban J connectivity index is 1.48. The van der Waals surface area contributed by atoms with Crippen LogP contribution in [0.5, 0.6) is 0 Å². The molecule has 2 heterocycles. The summed E-state index contributed by atoms with van der Waals surface area (Å²) in [4.78, 5) is 31.2. The highest BCUT2D eigenvalue weighted by Crippen LogP contribution is 2.20. The number of nitrogens with zero attached hydrogens (tertiary/aromatic N) is 3. The van der Waals surface area contributed by atoms with Crippen molar-refractivity contribution in [2.75, 3.05) is 37.6 Å². The standard InChI is InChI=1S/C26H36FN3O3/c1-2-3-4-5-6-13-25(31)30(21-22-10-9-20-33-22)15-14-26(32)29-18-16-28(17-19-29)24-12-8-7-11-23(24)27/h7-12,20H,2-6,13-19,21H2,1H3. The molecule has 7 heteroatoms. The van der Waals surface area contributed by atoms with Crippen LogP contribution in [0.25, 0.3) is 0 Å². The van der Waals surface area contributed by atoms with Crippen molar-refractivity contribution in [2.24, 2.45) is 0 Å². The fourth-order valence-electron chi connectivity index (χ4n) is 4.21. The molecule has 2 aromatic rings. The molecule has 6 nitrogen and oxygen atoms in total. The summed E-state index contributed by atoms with van der Waals surface area (Å²) in [6.45, 7) is 5.23. The number of hydrogen-bond donors (Lipinski definition) is 0. The van der Waals surface area contributed by atoms with Crippen molar-refractivity contribution in [3.05, 3.63) is 54.2 Å². The fourth-order valence-corrected chi connectivity index (χ4v) is 4.21. The molecule has 180 valence electrons. The predicted octanol–water partition coefficient (Wildman–Crippen LogP) is 4.85. The second-order valence-electron chi connectivity index (χ2n) is 8.63. The highest BCUT2D eigenvalue weighted by atomic mass is 19.1. The third-order valence-corrected chi connectivity index (χ3v) is 6.19. The number of para-hydroxylation sites is 1. The lowest BCUT2D eigenvalue weighted by Gasteiger charge is -2.36. The zero-order valence-corrected chi connectivity index (χ0v) is 19.7. The average Bonchev–Trinajstić information content (AvgIpc) is 3.35. The number of benzene rings is 1. The molecule has 1 aliphatic rings. The third-order valence-electron chi connectivity index (χ3n) is 6.19. The van der Waals surface area contributed by atoms with Gasteiger partial charge in [-0.3, -0.25) is 9.59 Å². The number of rotatable bonds is 12. The molecule has 1 aliphatic heterocycles. The number of unbranched alkanes of at least 4 members (excludes halogenated alkanes) is 4. The van der Waals surface area contributed by atoms with E-state index >= 15 is 0 Å². The molecule has 33 heavy (non-hydrogen) atoms. The Labute approximate surface area is 196 Å². The molecule has 3 rings (SSSR count). The van der Waals surface area contributed by atoms with E-state index in [1.54, 1.807) is 23.3 Å². The summed E-state index contributed by atoms with van der Waals surface area (Å²) in [5, 5.41) is 0. The van der Waals surface area contributed by atoms with Gasteiger partial charge in [0.25, 0.3) is 0 Å². The Morgan fingerprint density at radius 1 is 0.970 bits per heavy atom. The molecule has 1 fully saturated rings. The highest BCUT2D eigenvalue weighted by molar-refractivity contribution is 5.79. The number of carbonyl (C=O) groups excluding carboxylic acids is 2. The first-order valence-electron chi connectivity index (χ1n) is 12.2. The highest BCUT2D eigenvalue weighted by Gasteiger charge is 2.24. The third kappa shape index (κ3) is 7.62. The van der Waals surface area contributed by atoms with E-state index in [-0.39, 0.29) is 24.1 Å². The van der Waals surface area contributed by atoms with Crippen molar-refractivity contribution < 1.29 is 18.4 Å². The van der Waals surface area contributed by atoms with Crippen LogP contribution in [-0.4, -0.2) is 54.3 Å². The molecule has 0 bridgehead atoms. The van der Waals surface area contributed by atoms with E-state index in [2.05, 4.69) is 6.92 Å². The first-order chi connectivity index (χ1) is 16.1. The Morgan fingerprint density at radius 2 is 1.73 bits per heavy atom. The lowest BCUT2D eigenvalue weighted by molar-refractivity contribution is -0.135. The Hall–Kier alpha value is -2.83. The van der Waals surface area contributed by atoms with Gasteiger partial charge in [0.15, 0.2) is 0 Å². The number of hydrogen-bond acceptors (Lipinski definition) is 4. The quantitative estimate of drug-likeness (QED) is 0.428. The van der Waals surface area contributed by atoms with Gasteiger partial charge in [0.2, 0.25) is 11.8 Å². The summed E-state index contributed by atoms with van der Waals surface area (Å²) in [7, 11) is 0. The molecule has 1 aromatic carbocycles. The van der Waals surface area contributed by atoms with Crippen LogP contribution in [-0.2, 0) is 16.1 Å². The molecule has 2 amide bonds. The molecule has 0 radical (unpaired) electrons. The van der Waals surface area contributed by atoms with Gasteiger partial charge in [-0.2, -0.15) is 0 Å². The zero-order chi connectivity index (χ0) is 23.5. The van der Waals surface area contributed by atoms with E-state index in [0.29, 0.717) is 51.4 Å². The Bertz CT molecular complexity index is 863. The van der Waals surface area contributed by atoms with Crippen molar-refractivity contribution in [3.8, 4) is 0 Å². The molecule has 0 aliphatic carbocycles. The van der Waals surface area contributed by atoms with Gasteiger partial charge in [-0.15, -0.1) is 0 Å². The normalized spacial score (nSPS) is 13.9. The zero-order valence-electron chi connectivity index (χ0n) is 19.7. The molecule has 0 N–H and O–H groups in total. The first-order valence-corrected chi connectivity index (χ1v) is 12.2. The summed E-state index contributed by atoms with van der Waals surface area (Å²) < 4.78 is 19.5. The maximum Gasteiger partial charge on any atom is 0.224 e. The summed E-state index contributed by atoms with van der Waals surface area (Å²) in [6.07, 6.45) is 7.83. The Morgan fingerprint density at radius 3 is 2.42 bits per heavy atom. The van der Waals surface area contributed by atoms with Crippen LogP contribution in [0.2, 0.25) is 0 Å². The molecule has 0 spiro atoms. The number of anilines is 1. The van der Waals surface area contributed by atoms with E-state index in [0.717, 1.165) is 25.0 Å². The molecule has 1 aromatic heterocycles. The molecule has 0 saturated carbocycles. The fraction of sp³-hybridized carbons (Fsp3) is 0.538. The monoisotopic (exact) mass is 457 g/mol. The van der Waals surface area contributed by atoms with Crippen molar-refractivity contribution in [3.63, 3.8) is 0 Å². The smallest absolute Gasteiger partial charge is 0.224 e. The van der Waals surface area contributed by atoms with Gasteiger partial charge in [0.1, 0.15) is 11.6 Å². The van der Waals surface area contributed by atoms with E-state index in [1.807, 2.05) is 28.0 Å². The SMILES string of the molecule is CCCCCCCC(=O)N(CCC(=O)N1CCN(c2ccccc2F)CC1)Cc1ccco1. The summed E-state index contributed by atoms with van der Waals surface area (Å²) in [5.74, 6) is 0.586. The second kappa shape index (κ2) is 13.0. The van der Waals surface area contributed by atoms with Crippen molar-refractivity contribution >= 4 is 17.5 Å². The molecular formula is C26H36FN3O3. The van der Waals surface area contributed by atoms with Crippen LogP contribution in [0.3, 0.4) is 0 Å². The van der Waals surface area contributed by atoms with Crippen molar-refractivity contribution in [2.45, 2.75) is 58.4 Å². The van der Waals surface area contributed by atoms with Gasteiger partial charge in [-0.05, 0) is 30.7 Å². The van der Waals surface area contributed by atoms with Crippen LogP contribution in [0.1, 0.15) is 57.6 Å². The molecular weight excluding hydrogens is 421 g/mol. The maximum atomic E-state index is 14.1. The second-order valence-corrected chi connectivity index (χ2v) is 8.63. The van der Waals surface area contributed by atoms with E-state index < -0.39 is 0 Å². The van der Waals surface area contributed by atoms with Gasteiger partial charge < -0.3 is 19.1 Å². The van der Waals surface area contributed by atoms with Gasteiger partial charge >= 0.3 is 0 Å². The number of piperazine rings is 1.